The van der Waals surface area contributed by atoms with Crippen LogP contribution < -0.4 is 10.2 Å². The van der Waals surface area contributed by atoms with E-state index in [4.69, 9.17) is 0 Å². The van der Waals surface area contributed by atoms with Crippen molar-refractivity contribution in [2.24, 2.45) is 0 Å². The fraction of sp³-hybridized carbons (Fsp3) is 0.583. The van der Waals surface area contributed by atoms with E-state index in [9.17, 15) is 0 Å². The molecule has 1 atom stereocenters. The number of nitrogens with zero attached hydrogens (tertiary/aromatic N) is 2. The van der Waals surface area contributed by atoms with Crippen molar-refractivity contribution >= 4 is 17.6 Å². The van der Waals surface area contributed by atoms with Gasteiger partial charge in [0.25, 0.3) is 0 Å². The Morgan fingerprint density at radius 3 is 3.12 bits per heavy atom. The molecule has 0 aromatic carbocycles. The van der Waals surface area contributed by atoms with Gasteiger partial charge in [-0.05, 0) is 38.3 Å². The SMILES string of the molecule is CNC1CCCN(c2cccc(SC)n2)C1. The number of aromatic nitrogens is 1. The molecule has 3 nitrogen and oxygen atoms in total. The van der Waals surface area contributed by atoms with E-state index in [1.807, 2.05) is 7.05 Å². The van der Waals surface area contributed by atoms with E-state index in [0.717, 1.165) is 23.9 Å². The van der Waals surface area contributed by atoms with Gasteiger partial charge >= 0.3 is 0 Å². The lowest BCUT2D eigenvalue weighted by Gasteiger charge is -2.33. The van der Waals surface area contributed by atoms with Crippen LogP contribution >= 0.6 is 11.8 Å². The van der Waals surface area contributed by atoms with Gasteiger partial charge in [0.1, 0.15) is 5.82 Å². The number of piperidine rings is 1. The summed E-state index contributed by atoms with van der Waals surface area (Å²) >= 11 is 1.70. The second-order valence-corrected chi connectivity index (χ2v) is 4.94. The minimum Gasteiger partial charge on any atom is -0.355 e. The minimum absolute atomic E-state index is 0.605. The highest BCUT2D eigenvalue weighted by atomic mass is 32.2. The number of nitrogens with one attached hydrogen (secondary N) is 1. The van der Waals surface area contributed by atoms with E-state index < -0.39 is 0 Å². The summed E-state index contributed by atoms with van der Waals surface area (Å²) in [5.41, 5.74) is 0. The summed E-state index contributed by atoms with van der Waals surface area (Å²) in [5.74, 6) is 1.12. The summed E-state index contributed by atoms with van der Waals surface area (Å²) in [5, 5.41) is 4.46. The quantitative estimate of drug-likeness (QED) is 0.814. The van der Waals surface area contributed by atoms with Gasteiger partial charge < -0.3 is 10.2 Å². The van der Waals surface area contributed by atoms with E-state index in [0.29, 0.717) is 6.04 Å². The van der Waals surface area contributed by atoms with E-state index >= 15 is 0 Å². The molecule has 1 aromatic heterocycles. The van der Waals surface area contributed by atoms with Gasteiger partial charge in [-0.2, -0.15) is 0 Å². The first-order valence-electron chi connectivity index (χ1n) is 5.76. The lowest BCUT2D eigenvalue weighted by molar-refractivity contribution is 0.447. The van der Waals surface area contributed by atoms with E-state index in [1.165, 1.54) is 12.8 Å². The average molecular weight is 237 g/mol. The summed E-state index contributed by atoms with van der Waals surface area (Å²) in [4.78, 5) is 7.02. The summed E-state index contributed by atoms with van der Waals surface area (Å²) in [6.45, 7) is 2.20. The van der Waals surface area contributed by atoms with Crippen molar-refractivity contribution in [3.63, 3.8) is 0 Å². The van der Waals surface area contributed by atoms with Crippen molar-refractivity contribution < 1.29 is 0 Å². The van der Waals surface area contributed by atoms with Gasteiger partial charge in [0.05, 0.1) is 5.03 Å². The number of likely N-dealkylation sites (N-methyl/N-ethyl adjacent to an activating group) is 1. The summed E-state index contributed by atoms with van der Waals surface area (Å²) < 4.78 is 0. The normalized spacial score (nSPS) is 21.1. The number of hydrogen-bond acceptors (Lipinski definition) is 4. The molecule has 2 rings (SSSR count). The number of anilines is 1. The zero-order chi connectivity index (χ0) is 11.4. The standard InChI is InChI=1S/C12H19N3S/c1-13-10-5-4-8-15(9-10)11-6-3-7-12(14-11)16-2/h3,6-7,10,13H,4-5,8-9H2,1-2H3. The molecule has 1 unspecified atom stereocenters. The Morgan fingerprint density at radius 1 is 1.50 bits per heavy atom. The van der Waals surface area contributed by atoms with Gasteiger partial charge in [-0.3, -0.25) is 0 Å². The molecule has 1 aliphatic heterocycles. The Balaban J connectivity index is 2.10. The molecule has 1 aliphatic rings. The van der Waals surface area contributed by atoms with Crippen LogP contribution in [0.5, 0.6) is 0 Å². The molecule has 4 heteroatoms. The van der Waals surface area contributed by atoms with E-state index in [2.05, 4.69) is 39.7 Å². The first-order valence-corrected chi connectivity index (χ1v) is 6.99. The predicted molar refractivity (Wildman–Crippen MR) is 70.3 cm³/mol. The monoisotopic (exact) mass is 237 g/mol. The molecule has 1 N–H and O–H groups in total. The van der Waals surface area contributed by atoms with Gasteiger partial charge in [0.2, 0.25) is 0 Å². The van der Waals surface area contributed by atoms with Crippen molar-refractivity contribution in [1.29, 1.82) is 0 Å². The molecular formula is C12H19N3S. The first kappa shape index (κ1) is 11.7. The van der Waals surface area contributed by atoms with Crippen LogP contribution in [0.3, 0.4) is 0 Å². The number of thioether (sulfide) groups is 1. The Bertz CT molecular complexity index is 343. The molecule has 0 aliphatic carbocycles. The zero-order valence-corrected chi connectivity index (χ0v) is 10.8. The van der Waals surface area contributed by atoms with Gasteiger partial charge in [-0.15, -0.1) is 11.8 Å². The van der Waals surface area contributed by atoms with E-state index in [1.54, 1.807) is 11.8 Å². The van der Waals surface area contributed by atoms with Crippen LogP contribution in [-0.4, -0.2) is 37.4 Å². The van der Waals surface area contributed by atoms with Crippen LogP contribution in [0.1, 0.15) is 12.8 Å². The maximum Gasteiger partial charge on any atom is 0.129 e. The molecule has 0 spiro atoms. The Kier molecular flexibility index (Phi) is 4.07. The van der Waals surface area contributed by atoms with Crippen LogP contribution in [0.2, 0.25) is 0 Å². The van der Waals surface area contributed by atoms with Gasteiger partial charge in [0, 0.05) is 19.1 Å². The van der Waals surface area contributed by atoms with Crippen LogP contribution in [0.15, 0.2) is 23.2 Å². The zero-order valence-electron chi connectivity index (χ0n) is 9.94. The van der Waals surface area contributed by atoms with Crippen LogP contribution in [0, 0.1) is 0 Å². The van der Waals surface area contributed by atoms with Crippen molar-refractivity contribution in [3.05, 3.63) is 18.2 Å². The highest BCUT2D eigenvalue weighted by molar-refractivity contribution is 7.98. The Morgan fingerprint density at radius 2 is 2.38 bits per heavy atom. The molecule has 0 bridgehead atoms. The average Bonchev–Trinajstić information content (AvgIpc) is 2.39. The van der Waals surface area contributed by atoms with Gasteiger partial charge in [-0.25, -0.2) is 4.98 Å². The number of rotatable bonds is 3. The predicted octanol–water partition coefficient (Wildman–Crippen LogP) is 1.99. The summed E-state index contributed by atoms with van der Waals surface area (Å²) in [6.07, 6.45) is 4.59. The molecule has 1 saturated heterocycles. The van der Waals surface area contributed by atoms with Crippen LogP contribution in [0.25, 0.3) is 0 Å². The molecule has 0 amide bonds. The Hall–Kier alpha value is -0.740. The molecule has 2 heterocycles. The molecule has 0 saturated carbocycles. The molecule has 16 heavy (non-hydrogen) atoms. The fourth-order valence-corrected chi connectivity index (χ4v) is 2.51. The van der Waals surface area contributed by atoms with Crippen molar-refractivity contribution in [1.82, 2.24) is 10.3 Å². The van der Waals surface area contributed by atoms with Crippen molar-refractivity contribution in [2.75, 3.05) is 31.3 Å². The maximum absolute atomic E-state index is 4.64. The maximum atomic E-state index is 4.64. The minimum atomic E-state index is 0.605. The largest absolute Gasteiger partial charge is 0.355 e. The third-order valence-corrected chi connectivity index (χ3v) is 3.72. The fourth-order valence-electron chi connectivity index (χ4n) is 2.11. The van der Waals surface area contributed by atoms with Crippen molar-refractivity contribution in [2.45, 2.75) is 23.9 Å². The lowest BCUT2D eigenvalue weighted by Crippen LogP contribution is -2.44. The number of hydrogen-bond donors (Lipinski definition) is 1. The van der Waals surface area contributed by atoms with Gasteiger partial charge in [0.15, 0.2) is 0 Å². The van der Waals surface area contributed by atoms with Crippen LogP contribution in [0.4, 0.5) is 5.82 Å². The third kappa shape index (κ3) is 2.68. The Labute approximate surface area is 102 Å². The highest BCUT2D eigenvalue weighted by Gasteiger charge is 2.19. The van der Waals surface area contributed by atoms with Crippen molar-refractivity contribution in [3.8, 4) is 0 Å². The van der Waals surface area contributed by atoms with Gasteiger partial charge in [-0.1, -0.05) is 6.07 Å². The second kappa shape index (κ2) is 5.55. The molecule has 88 valence electrons. The first-order chi connectivity index (χ1) is 7.83. The molecular weight excluding hydrogens is 218 g/mol. The topological polar surface area (TPSA) is 28.2 Å². The molecule has 0 radical (unpaired) electrons. The lowest BCUT2D eigenvalue weighted by atomic mass is 10.1. The smallest absolute Gasteiger partial charge is 0.129 e. The van der Waals surface area contributed by atoms with Crippen LogP contribution in [-0.2, 0) is 0 Å². The van der Waals surface area contributed by atoms with E-state index in [-0.39, 0.29) is 0 Å². The third-order valence-electron chi connectivity index (χ3n) is 3.07. The second-order valence-electron chi connectivity index (χ2n) is 4.11. The summed E-state index contributed by atoms with van der Waals surface area (Å²) in [6, 6.07) is 6.87. The molecule has 1 aromatic rings. The summed E-state index contributed by atoms with van der Waals surface area (Å²) in [7, 11) is 2.04. The number of pyridine rings is 1. The molecule has 1 fully saturated rings. The highest BCUT2D eigenvalue weighted by Crippen LogP contribution is 2.20.